The molecule has 0 spiro atoms. The Kier molecular flexibility index (Phi) is 3.75. The maximum absolute atomic E-state index is 8.91. The molecule has 42 heavy (non-hydrogen) atoms. The van der Waals surface area contributed by atoms with Crippen molar-refractivity contribution in [3.8, 4) is 28.7 Å². The van der Waals surface area contributed by atoms with E-state index in [1.165, 1.54) is 16.7 Å². The minimum Gasteiger partial charge on any atom is -0.456 e. The smallest absolute Gasteiger partial charge is 0.238 e. The second-order valence-corrected chi connectivity index (χ2v) is 10.1. The van der Waals surface area contributed by atoms with Crippen molar-refractivity contribution in [2.24, 2.45) is 0 Å². The lowest BCUT2D eigenvalue weighted by molar-refractivity contribution is 0.669. The Labute approximate surface area is 248 Å². The molecule has 196 valence electrons. The predicted molar refractivity (Wildman–Crippen MR) is 170 cm³/mol. The number of fused-ring (bicyclic) bond motifs is 7. The lowest BCUT2D eigenvalue weighted by Gasteiger charge is -2.11. The first-order valence-corrected chi connectivity index (χ1v) is 13.5. The highest BCUT2D eigenvalue weighted by atomic mass is 16.3. The minimum atomic E-state index is -0.206. The highest BCUT2D eigenvalue weighted by molar-refractivity contribution is 6.09. The molecule has 0 aliphatic rings. The van der Waals surface area contributed by atoms with Gasteiger partial charge in [-0.2, -0.15) is 9.97 Å². The monoisotopic (exact) mass is 544 g/mol. The highest BCUT2D eigenvalue weighted by Crippen LogP contribution is 2.34. The fourth-order valence-corrected chi connectivity index (χ4v) is 5.63. The van der Waals surface area contributed by atoms with Crippen molar-refractivity contribution in [3.05, 3.63) is 133 Å². The third-order valence-electron chi connectivity index (χ3n) is 7.60. The standard InChI is InChI=1S/C37H22N4O/c1-2-10-24-21-25(18-17-23(24)9-1)35-38-36(26-19-20-30-29-13-5-8-16-33(29)42-34(30)22-26)40-37(39-35)41-31-14-6-3-11-27(31)28-12-4-7-15-32(28)41/h1-22H/i3D,4D,11D,12D,14D,15D. The molecule has 0 bridgehead atoms. The van der Waals surface area contributed by atoms with Gasteiger partial charge in [0.15, 0.2) is 11.6 Å². The van der Waals surface area contributed by atoms with Gasteiger partial charge < -0.3 is 4.42 Å². The van der Waals surface area contributed by atoms with Crippen LogP contribution in [0.5, 0.6) is 0 Å². The van der Waals surface area contributed by atoms with Crippen LogP contribution in [0.1, 0.15) is 8.22 Å². The topological polar surface area (TPSA) is 56.7 Å². The van der Waals surface area contributed by atoms with E-state index in [0.717, 1.165) is 27.1 Å². The number of hydrogen-bond acceptors (Lipinski definition) is 4. The van der Waals surface area contributed by atoms with Crippen LogP contribution in [-0.2, 0) is 0 Å². The molecule has 6 aromatic carbocycles. The molecule has 0 amide bonds. The Balaban J connectivity index is 1.39. The molecule has 9 rings (SSSR count). The Morgan fingerprint density at radius 3 is 1.95 bits per heavy atom. The number of benzene rings is 6. The van der Waals surface area contributed by atoms with Crippen LogP contribution in [0.2, 0.25) is 0 Å². The summed E-state index contributed by atoms with van der Waals surface area (Å²) in [4.78, 5) is 14.7. The molecule has 9 aromatic rings. The summed E-state index contributed by atoms with van der Waals surface area (Å²) in [7, 11) is 0. The van der Waals surface area contributed by atoms with E-state index in [2.05, 4.69) is 0 Å². The average molecular weight is 545 g/mol. The number of para-hydroxylation sites is 3. The summed E-state index contributed by atoms with van der Waals surface area (Å²) in [6.07, 6.45) is 0. The van der Waals surface area contributed by atoms with Crippen molar-refractivity contribution >= 4 is 54.5 Å². The Bertz CT molecular complexity index is 2750. The van der Waals surface area contributed by atoms with Crippen molar-refractivity contribution in [1.29, 1.82) is 0 Å². The first kappa shape index (κ1) is 17.8. The van der Waals surface area contributed by atoms with E-state index in [1.54, 1.807) is 0 Å². The molecule has 5 nitrogen and oxygen atoms in total. The van der Waals surface area contributed by atoms with Crippen molar-refractivity contribution < 1.29 is 12.6 Å². The third kappa shape index (κ3) is 3.47. The lowest BCUT2D eigenvalue weighted by Crippen LogP contribution is -2.06. The molecule has 0 radical (unpaired) electrons. The summed E-state index contributed by atoms with van der Waals surface area (Å²) in [5, 5.41) is 4.24. The largest absolute Gasteiger partial charge is 0.456 e. The zero-order chi connectivity index (χ0) is 32.8. The second-order valence-electron chi connectivity index (χ2n) is 10.1. The molecule has 0 saturated carbocycles. The van der Waals surface area contributed by atoms with Crippen molar-refractivity contribution in [3.63, 3.8) is 0 Å². The van der Waals surface area contributed by atoms with E-state index in [-0.39, 0.29) is 64.0 Å². The maximum Gasteiger partial charge on any atom is 0.238 e. The predicted octanol–water partition coefficient (Wildman–Crippen LogP) is 9.36. The van der Waals surface area contributed by atoms with E-state index in [9.17, 15) is 0 Å². The van der Waals surface area contributed by atoms with Gasteiger partial charge in [-0.05, 0) is 47.1 Å². The molecule has 0 fully saturated rings. The van der Waals surface area contributed by atoms with Crippen LogP contribution in [0.15, 0.2) is 138 Å². The fourth-order valence-electron chi connectivity index (χ4n) is 5.63. The van der Waals surface area contributed by atoms with Gasteiger partial charge in [0.05, 0.1) is 19.3 Å². The zero-order valence-electron chi connectivity index (χ0n) is 27.9. The molecule has 0 atom stereocenters. The lowest BCUT2D eigenvalue weighted by atomic mass is 10.1. The highest BCUT2D eigenvalue weighted by Gasteiger charge is 2.18. The average Bonchev–Trinajstić information content (AvgIpc) is 3.66. The molecule has 0 N–H and O–H groups in total. The maximum atomic E-state index is 8.91. The number of nitrogens with zero attached hydrogens (tertiary/aromatic N) is 4. The Hall–Kier alpha value is -5.81. The van der Waals surface area contributed by atoms with Crippen molar-refractivity contribution in [2.45, 2.75) is 0 Å². The van der Waals surface area contributed by atoms with Crippen LogP contribution in [-0.4, -0.2) is 19.5 Å². The minimum absolute atomic E-state index is 0.0733. The number of rotatable bonds is 3. The summed E-state index contributed by atoms with van der Waals surface area (Å²) < 4.78 is 59.8. The van der Waals surface area contributed by atoms with Crippen LogP contribution in [0.25, 0.3) is 83.2 Å². The van der Waals surface area contributed by atoms with Gasteiger partial charge in [0.1, 0.15) is 11.2 Å². The molecule has 0 unspecified atom stereocenters. The van der Waals surface area contributed by atoms with Gasteiger partial charge >= 0.3 is 0 Å². The second kappa shape index (κ2) is 8.85. The number of hydrogen-bond donors (Lipinski definition) is 0. The van der Waals surface area contributed by atoms with E-state index >= 15 is 0 Å². The van der Waals surface area contributed by atoms with Gasteiger partial charge in [-0.25, -0.2) is 4.98 Å². The number of aromatic nitrogens is 4. The third-order valence-corrected chi connectivity index (χ3v) is 7.60. The fraction of sp³-hybridized carbons (Fsp3) is 0. The zero-order valence-corrected chi connectivity index (χ0v) is 21.9. The summed E-state index contributed by atoms with van der Waals surface area (Å²) in [5.41, 5.74) is 3.13. The van der Waals surface area contributed by atoms with Crippen LogP contribution in [0, 0.1) is 0 Å². The summed E-state index contributed by atoms with van der Waals surface area (Å²) in [6.45, 7) is 0. The van der Waals surface area contributed by atoms with Crippen LogP contribution in [0.3, 0.4) is 0 Å². The van der Waals surface area contributed by atoms with E-state index in [0.29, 0.717) is 28.4 Å². The Morgan fingerprint density at radius 1 is 0.524 bits per heavy atom. The van der Waals surface area contributed by atoms with E-state index in [1.807, 2.05) is 84.9 Å². The summed E-state index contributed by atoms with van der Waals surface area (Å²) >= 11 is 0. The van der Waals surface area contributed by atoms with Gasteiger partial charge in [0.2, 0.25) is 5.95 Å². The quantitative estimate of drug-likeness (QED) is 0.222. The molecule has 0 aliphatic carbocycles. The molecule has 0 saturated heterocycles. The molecule has 5 heteroatoms. The first-order valence-electron chi connectivity index (χ1n) is 16.5. The van der Waals surface area contributed by atoms with Crippen LogP contribution in [0.4, 0.5) is 0 Å². The van der Waals surface area contributed by atoms with Crippen LogP contribution < -0.4 is 0 Å². The number of furan rings is 1. The molecular weight excluding hydrogens is 516 g/mol. The molecule has 3 aromatic heterocycles. The van der Waals surface area contributed by atoms with E-state index < -0.39 is 0 Å². The normalized spacial score (nSPS) is 13.8. The van der Waals surface area contributed by atoms with Gasteiger partial charge in [0.25, 0.3) is 0 Å². The van der Waals surface area contributed by atoms with Gasteiger partial charge in [-0.1, -0.05) is 97.0 Å². The molecule has 3 heterocycles. The summed E-state index contributed by atoms with van der Waals surface area (Å²) in [5.74, 6) is 0.721. The molecular formula is C37H22N4O. The Morgan fingerprint density at radius 2 is 1.17 bits per heavy atom. The van der Waals surface area contributed by atoms with Gasteiger partial charge in [-0.15, -0.1) is 0 Å². The molecule has 0 aliphatic heterocycles. The van der Waals surface area contributed by atoms with Crippen molar-refractivity contribution in [2.75, 3.05) is 0 Å². The first-order chi connectivity index (χ1) is 23.3. The van der Waals surface area contributed by atoms with E-state index in [4.69, 9.17) is 27.6 Å². The van der Waals surface area contributed by atoms with Crippen LogP contribution >= 0.6 is 0 Å². The SMILES string of the molecule is [2H]c1cc([2H])c2c(c1[2H])c1c([2H])c([2H])cc([2H])c1n2-c1nc(-c2ccc3ccccc3c2)nc(-c2ccc3c(c2)oc2ccccc23)n1. The summed E-state index contributed by atoms with van der Waals surface area (Å²) in [6, 6.07) is 28.9. The van der Waals surface area contributed by atoms with Crippen molar-refractivity contribution in [1.82, 2.24) is 19.5 Å². The van der Waals surface area contributed by atoms with Gasteiger partial charge in [-0.3, -0.25) is 4.57 Å². The van der Waals surface area contributed by atoms with Gasteiger partial charge in [0, 0.05) is 32.7 Å².